The van der Waals surface area contributed by atoms with E-state index in [4.69, 9.17) is 4.98 Å². The summed E-state index contributed by atoms with van der Waals surface area (Å²) in [5, 5.41) is 0.713. The lowest BCUT2D eigenvalue weighted by atomic mass is 10.0. The van der Waals surface area contributed by atoms with Gasteiger partial charge >= 0.3 is 0 Å². The monoisotopic (exact) mass is 449 g/mol. The lowest BCUT2D eigenvalue weighted by Crippen LogP contribution is -2.31. The Hall–Kier alpha value is -3.83. The number of rotatable bonds is 6. The van der Waals surface area contributed by atoms with Crippen LogP contribution in [0.3, 0.4) is 0 Å². The second kappa shape index (κ2) is 9.35. The predicted octanol–water partition coefficient (Wildman–Crippen LogP) is 6.44. The van der Waals surface area contributed by atoms with Gasteiger partial charge in [-0.15, -0.1) is 0 Å². The summed E-state index contributed by atoms with van der Waals surface area (Å²) in [5.74, 6) is 0.0158. The maximum atomic E-state index is 13.5. The Bertz CT molecular complexity index is 1380. The zero-order valence-electron chi connectivity index (χ0n) is 18.3. The molecule has 1 amide bonds. The number of carbonyl (C=O) groups is 1. The summed E-state index contributed by atoms with van der Waals surface area (Å²) in [6, 6.07) is 28.5. The molecule has 0 saturated heterocycles. The Morgan fingerprint density at radius 2 is 1.67 bits per heavy atom. The largest absolute Gasteiger partial charge is 0.283 e. The molecule has 33 heavy (non-hydrogen) atoms. The Balaban J connectivity index is 1.42. The predicted molar refractivity (Wildman–Crippen MR) is 135 cm³/mol. The molecule has 0 N–H and O–H groups in total. The highest BCUT2D eigenvalue weighted by Gasteiger charge is 2.21. The van der Waals surface area contributed by atoms with Gasteiger partial charge in [-0.05, 0) is 52.9 Å². The summed E-state index contributed by atoms with van der Waals surface area (Å²) in [6.45, 7) is 2.50. The second-order valence-corrected chi connectivity index (χ2v) is 9.06. The zero-order chi connectivity index (χ0) is 22.6. The van der Waals surface area contributed by atoms with Crippen molar-refractivity contribution in [3.8, 4) is 11.1 Å². The van der Waals surface area contributed by atoms with Crippen LogP contribution in [0.4, 0.5) is 5.13 Å². The number of aryl methyl sites for hydroxylation is 1. The molecule has 0 aliphatic heterocycles. The van der Waals surface area contributed by atoms with Crippen molar-refractivity contribution in [2.75, 3.05) is 4.90 Å². The summed E-state index contributed by atoms with van der Waals surface area (Å²) in [5.41, 5.74) is 6.35. The first kappa shape index (κ1) is 21.0. The molecule has 0 aliphatic rings. The van der Waals surface area contributed by atoms with Crippen molar-refractivity contribution in [1.82, 2.24) is 9.97 Å². The molecule has 0 spiro atoms. The average Bonchev–Trinajstić information content (AvgIpc) is 3.27. The third-order valence-corrected chi connectivity index (χ3v) is 6.59. The van der Waals surface area contributed by atoms with Gasteiger partial charge in [0.05, 0.1) is 23.2 Å². The van der Waals surface area contributed by atoms with Crippen LogP contribution in [0.25, 0.3) is 21.3 Å². The van der Waals surface area contributed by atoms with Crippen LogP contribution in [0.1, 0.15) is 16.7 Å². The molecule has 3 aromatic carbocycles. The molecule has 0 unspecified atom stereocenters. The van der Waals surface area contributed by atoms with E-state index in [2.05, 4.69) is 42.2 Å². The SMILES string of the molecule is Cc1ccc2nc(N(Cc3cccnc3)C(=O)Cc3ccc(-c4ccccc4)cc3)sc2c1. The number of fused-ring (bicyclic) bond motifs is 1. The molecule has 0 fully saturated rings. The van der Waals surface area contributed by atoms with Crippen molar-refractivity contribution in [3.63, 3.8) is 0 Å². The maximum Gasteiger partial charge on any atom is 0.233 e. The molecule has 5 heteroatoms. The third kappa shape index (κ3) is 4.83. The van der Waals surface area contributed by atoms with E-state index >= 15 is 0 Å². The van der Waals surface area contributed by atoms with Crippen molar-refractivity contribution < 1.29 is 4.79 Å². The van der Waals surface area contributed by atoms with Gasteiger partial charge in [0.25, 0.3) is 0 Å². The number of nitrogens with zero attached hydrogens (tertiary/aromatic N) is 3. The van der Waals surface area contributed by atoms with Crippen LogP contribution in [-0.4, -0.2) is 15.9 Å². The van der Waals surface area contributed by atoms with Gasteiger partial charge in [-0.25, -0.2) is 4.98 Å². The van der Waals surface area contributed by atoms with Crippen LogP contribution in [0.5, 0.6) is 0 Å². The van der Waals surface area contributed by atoms with Crippen molar-refractivity contribution >= 4 is 32.6 Å². The molecule has 0 atom stereocenters. The number of hydrogen-bond donors (Lipinski definition) is 0. The van der Waals surface area contributed by atoms with Crippen molar-refractivity contribution in [2.24, 2.45) is 0 Å². The standard InChI is InChI=1S/C28H23N3OS/c1-20-9-14-25-26(16-20)33-28(30-25)31(19-22-6-5-15-29-18-22)27(32)17-21-10-12-24(13-11-21)23-7-3-2-4-8-23/h2-16,18H,17,19H2,1H3. The van der Waals surface area contributed by atoms with Crippen molar-refractivity contribution in [3.05, 3.63) is 114 Å². The van der Waals surface area contributed by atoms with E-state index in [1.165, 1.54) is 11.1 Å². The topological polar surface area (TPSA) is 46.1 Å². The number of carbonyl (C=O) groups excluding carboxylic acids is 1. The quantitative estimate of drug-likeness (QED) is 0.300. The number of benzene rings is 3. The fourth-order valence-electron chi connectivity index (χ4n) is 3.79. The first-order valence-electron chi connectivity index (χ1n) is 10.9. The number of pyridine rings is 1. The molecule has 2 heterocycles. The number of hydrogen-bond acceptors (Lipinski definition) is 4. The Kier molecular flexibility index (Phi) is 5.96. The molecule has 0 bridgehead atoms. The molecule has 0 saturated carbocycles. The van der Waals surface area contributed by atoms with Gasteiger partial charge in [0.1, 0.15) is 0 Å². The third-order valence-electron chi connectivity index (χ3n) is 5.54. The van der Waals surface area contributed by atoms with E-state index in [-0.39, 0.29) is 5.91 Å². The molecule has 5 rings (SSSR count). The van der Waals surface area contributed by atoms with Crippen molar-refractivity contribution in [2.45, 2.75) is 19.9 Å². The molecule has 0 aliphatic carbocycles. The van der Waals surface area contributed by atoms with Gasteiger partial charge in [0, 0.05) is 12.4 Å². The van der Waals surface area contributed by atoms with E-state index in [0.29, 0.717) is 18.1 Å². The molecule has 0 radical (unpaired) electrons. The highest BCUT2D eigenvalue weighted by Crippen LogP contribution is 2.31. The lowest BCUT2D eigenvalue weighted by Gasteiger charge is -2.20. The second-order valence-electron chi connectivity index (χ2n) is 8.05. The number of amides is 1. The molecule has 162 valence electrons. The number of aromatic nitrogens is 2. The summed E-state index contributed by atoms with van der Waals surface area (Å²) >= 11 is 1.55. The van der Waals surface area contributed by atoms with Gasteiger partial charge in [-0.1, -0.05) is 78.1 Å². The highest BCUT2D eigenvalue weighted by molar-refractivity contribution is 7.22. The van der Waals surface area contributed by atoms with E-state index in [1.807, 2.05) is 54.6 Å². The first-order valence-corrected chi connectivity index (χ1v) is 11.7. The van der Waals surface area contributed by atoms with E-state index in [1.54, 1.807) is 28.6 Å². The van der Waals surface area contributed by atoms with Gasteiger partial charge in [0.2, 0.25) is 5.91 Å². The Morgan fingerprint density at radius 1 is 0.879 bits per heavy atom. The minimum absolute atomic E-state index is 0.0158. The number of anilines is 1. The van der Waals surface area contributed by atoms with E-state index in [0.717, 1.165) is 26.9 Å². The van der Waals surface area contributed by atoms with Crippen LogP contribution in [0.2, 0.25) is 0 Å². The fraction of sp³-hybridized carbons (Fsp3) is 0.107. The van der Waals surface area contributed by atoms with Gasteiger partial charge in [-0.2, -0.15) is 0 Å². The maximum absolute atomic E-state index is 13.5. The van der Waals surface area contributed by atoms with Gasteiger partial charge in [0.15, 0.2) is 5.13 Å². The summed E-state index contributed by atoms with van der Waals surface area (Å²) in [4.78, 5) is 24.3. The fourth-order valence-corrected chi connectivity index (χ4v) is 4.87. The average molecular weight is 450 g/mol. The van der Waals surface area contributed by atoms with Crippen LogP contribution in [0.15, 0.2) is 97.3 Å². The van der Waals surface area contributed by atoms with Crippen LogP contribution >= 0.6 is 11.3 Å². The molecule has 2 aromatic heterocycles. The van der Waals surface area contributed by atoms with Gasteiger partial charge in [-0.3, -0.25) is 14.7 Å². The van der Waals surface area contributed by atoms with Crippen LogP contribution in [-0.2, 0) is 17.8 Å². The molecule has 4 nitrogen and oxygen atoms in total. The minimum atomic E-state index is 0.0158. The van der Waals surface area contributed by atoms with E-state index < -0.39 is 0 Å². The van der Waals surface area contributed by atoms with Crippen LogP contribution in [0, 0.1) is 6.92 Å². The van der Waals surface area contributed by atoms with Crippen LogP contribution < -0.4 is 4.90 Å². The normalized spacial score (nSPS) is 10.9. The summed E-state index contributed by atoms with van der Waals surface area (Å²) in [6.07, 6.45) is 3.85. The highest BCUT2D eigenvalue weighted by atomic mass is 32.1. The Labute approximate surface area is 197 Å². The summed E-state index contributed by atoms with van der Waals surface area (Å²) in [7, 11) is 0. The lowest BCUT2D eigenvalue weighted by molar-refractivity contribution is -0.118. The van der Waals surface area contributed by atoms with Gasteiger partial charge < -0.3 is 0 Å². The molecular weight excluding hydrogens is 426 g/mol. The zero-order valence-corrected chi connectivity index (χ0v) is 19.1. The van der Waals surface area contributed by atoms with Crippen molar-refractivity contribution in [1.29, 1.82) is 0 Å². The first-order chi connectivity index (χ1) is 16.2. The molecule has 5 aromatic rings. The Morgan fingerprint density at radius 3 is 2.42 bits per heavy atom. The summed E-state index contributed by atoms with van der Waals surface area (Å²) < 4.78 is 1.08. The minimum Gasteiger partial charge on any atom is -0.283 e. The molecular formula is C28H23N3OS. The number of thiazole rings is 1. The van der Waals surface area contributed by atoms with E-state index in [9.17, 15) is 4.79 Å². The smallest absolute Gasteiger partial charge is 0.233 e.